The Labute approximate surface area is 90.5 Å². The highest BCUT2D eigenvalue weighted by Gasteiger charge is 2.11. The maximum Gasteiger partial charge on any atom is 0.0826 e. The maximum atomic E-state index is 4.37. The summed E-state index contributed by atoms with van der Waals surface area (Å²) in [7, 11) is 0. The van der Waals surface area contributed by atoms with Crippen LogP contribution in [0.15, 0.2) is 16.9 Å². The second-order valence-corrected chi connectivity index (χ2v) is 3.93. The molecule has 5 heteroatoms. The Morgan fingerprint density at radius 2 is 2.36 bits per heavy atom. The lowest BCUT2D eigenvalue weighted by Gasteiger charge is -1.93. The van der Waals surface area contributed by atoms with E-state index in [9.17, 15) is 0 Å². The van der Waals surface area contributed by atoms with Gasteiger partial charge in [0.05, 0.1) is 22.1 Å². The number of aromatic amines is 1. The molecule has 0 unspecified atom stereocenters. The van der Waals surface area contributed by atoms with Crippen molar-refractivity contribution in [2.75, 3.05) is 0 Å². The second kappa shape index (κ2) is 3.57. The Kier molecular flexibility index (Phi) is 2.41. The van der Waals surface area contributed by atoms with Crippen LogP contribution >= 0.6 is 15.9 Å². The van der Waals surface area contributed by atoms with Gasteiger partial charge in [0.1, 0.15) is 0 Å². The van der Waals surface area contributed by atoms with Gasteiger partial charge in [-0.05, 0) is 29.8 Å². The van der Waals surface area contributed by atoms with Crippen molar-refractivity contribution in [3.05, 3.63) is 22.6 Å². The summed E-state index contributed by atoms with van der Waals surface area (Å²) in [6, 6.07) is 0. The van der Waals surface area contributed by atoms with E-state index in [1.165, 1.54) is 0 Å². The summed E-state index contributed by atoms with van der Waals surface area (Å²) in [4.78, 5) is 0. The Hall–Kier alpha value is -1.10. The molecule has 0 radical (unpaired) electrons. The van der Waals surface area contributed by atoms with E-state index < -0.39 is 0 Å². The maximum absolute atomic E-state index is 4.37. The van der Waals surface area contributed by atoms with E-state index in [2.05, 4.69) is 38.1 Å². The van der Waals surface area contributed by atoms with Gasteiger partial charge in [-0.3, -0.25) is 9.78 Å². The minimum atomic E-state index is 0.882. The van der Waals surface area contributed by atoms with Crippen LogP contribution < -0.4 is 0 Å². The molecule has 0 saturated heterocycles. The number of rotatable bonds is 2. The third-order valence-electron chi connectivity index (χ3n) is 2.13. The minimum Gasteiger partial charge on any atom is -0.277 e. The fourth-order valence-electron chi connectivity index (χ4n) is 1.39. The molecule has 0 amide bonds. The molecule has 0 spiro atoms. The van der Waals surface area contributed by atoms with Crippen molar-refractivity contribution in [1.29, 1.82) is 0 Å². The second-order valence-electron chi connectivity index (χ2n) is 3.08. The van der Waals surface area contributed by atoms with Crippen LogP contribution in [0.2, 0.25) is 0 Å². The molecule has 2 aromatic heterocycles. The van der Waals surface area contributed by atoms with Crippen LogP contribution in [0.5, 0.6) is 0 Å². The summed E-state index contributed by atoms with van der Waals surface area (Å²) < 4.78 is 2.88. The molecule has 0 aliphatic heterocycles. The zero-order chi connectivity index (χ0) is 10.1. The van der Waals surface area contributed by atoms with E-state index in [1.807, 2.05) is 17.8 Å². The number of hydrogen-bond acceptors (Lipinski definition) is 2. The van der Waals surface area contributed by atoms with Gasteiger partial charge in [0, 0.05) is 18.3 Å². The molecule has 2 rings (SSSR count). The van der Waals surface area contributed by atoms with Crippen molar-refractivity contribution in [3.63, 3.8) is 0 Å². The van der Waals surface area contributed by atoms with Crippen molar-refractivity contribution in [1.82, 2.24) is 20.0 Å². The van der Waals surface area contributed by atoms with Gasteiger partial charge in [-0.2, -0.15) is 10.2 Å². The molecule has 4 nitrogen and oxygen atoms in total. The molecule has 1 N–H and O–H groups in total. The van der Waals surface area contributed by atoms with Crippen LogP contribution in [-0.4, -0.2) is 20.0 Å². The minimum absolute atomic E-state index is 0.882. The van der Waals surface area contributed by atoms with Gasteiger partial charge >= 0.3 is 0 Å². The van der Waals surface area contributed by atoms with E-state index in [0.717, 1.165) is 28.0 Å². The molecular weight excluding hydrogens is 244 g/mol. The van der Waals surface area contributed by atoms with E-state index >= 15 is 0 Å². The number of nitrogens with zero attached hydrogens (tertiary/aromatic N) is 3. The summed E-state index contributed by atoms with van der Waals surface area (Å²) in [5.74, 6) is 0. The van der Waals surface area contributed by atoms with Crippen LogP contribution in [0.1, 0.15) is 12.6 Å². The summed E-state index contributed by atoms with van der Waals surface area (Å²) in [6.45, 7) is 4.94. The topological polar surface area (TPSA) is 46.5 Å². The molecule has 0 fully saturated rings. The van der Waals surface area contributed by atoms with Gasteiger partial charge in [0.2, 0.25) is 0 Å². The number of H-pyrrole nitrogens is 1. The summed E-state index contributed by atoms with van der Waals surface area (Å²) in [5, 5.41) is 11.3. The van der Waals surface area contributed by atoms with Crippen molar-refractivity contribution >= 4 is 15.9 Å². The number of hydrogen-bond donors (Lipinski definition) is 1. The molecule has 0 saturated carbocycles. The van der Waals surface area contributed by atoms with Gasteiger partial charge in [-0.1, -0.05) is 0 Å². The van der Waals surface area contributed by atoms with Gasteiger partial charge in [0.25, 0.3) is 0 Å². The fraction of sp³-hybridized carbons (Fsp3) is 0.333. The first kappa shape index (κ1) is 9.45. The molecule has 0 aromatic carbocycles. The number of aromatic nitrogens is 4. The molecule has 0 atom stereocenters. The number of aryl methyl sites for hydroxylation is 2. The van der Waals surface area contributed by atoms with Crippen molar-refractivity contribution in [2.45, 2.75) is 20.4 Å². The predicted octanol–water partition coefficient (Wildman–Crippen LogP) is 2.36. The summed E-state index contributed by atoms with van der Waals surface area (Å²) in [5.41, 5.74) is 3.09. The molecule has 0 bridgehead atoms. The van der Waals surface area contributed by atoms with E-state index in [-0.39, 0.29) is 0 Å². The molecule has 0 aliphatic carbocycles. The van der Waals surface area contributed by atoms with Crippen LogP contribution in [0, 0.1) is 6.92 Å². The van der Waals surface area contributed by atoms with Gasteiger partial charge in [-0.15, -0.1) is 0 Å². The molecule has 2 aromatic rings. The van der Waals surface area contributed by atoms with Crippen LogP contribution in [-0.2, 0) is 6.54 Å². The average Bonchev–Trinajstić information content (AvgIpc) is 2.72. The fourth-order valence-corrected chi connectivity index (χ4v) is 1.79. The normalized spacial score (nSPS) is 10.8. The highest BCUT2D eigenvalue weighted by molar-refractivity contribution is 9.10. The van der Waals surface area contributed by atoms with Crippen LogP contribution in [0.25, 0.3) is 11.3 Å². The Balaban J connectivity index is 2.51. The first-order chi connectivity index (χ1) is 6.72. The highest BCUT2D eigenvalue weighted by atomic mass is 79.9. The molecule has 14 heavy (non-hydrogen) atoms. The largest absolute Gasteiger partial charge is 0.277 e. The van der Waals surface area contributed by atoms with Gasteiger partial charge in [-0.25, -0.2) is 0 Å². The van der Waals surface area contributed by atoms with E-state index in [0.29, 0.717) is 0 Å². The lowest BCUT2D eigenvalue weighted by Crippen LogP contribution is -1.93. The molecular formula is C9H11BrN4. The van der Waals surface area contributed by atoms with E-state index in [4.69, 9.17) is 0 Å². The Bertz CT molecular complexity index is 443. The number of nitrogens with one attached hydrogen (secondary N) is 1. The standard InChI is InChI=1S/C9H11BrN4/c1-3-14-5-7(6(2)13-14)9-8(10)4-11-12-9/h4-5H,3H2,1-2H3,(H,11,12). The van der Waals surface area contributed by atoms with E-state index in [1.54, 1.807) is 6.20 Å². The third kappa shape index (κ3) is 1.48. The van der Waals surface area contributed by atoms with Crippen LogP contribution in [0.3, 0.4) is 0 Å². The Morgan fingerprint density at radius 3 is 2.86 bits per heavy atom. The average molecular weight is 255 g/mol. The molecule has 0 aliphatic rings. The molecule has 2 heterocycles. The smallest absolute Gasteiger partial charge is 0.0826 e. The monoisotopic (exact) mass is 254 g/mol. The van der Waals surface area contributed by atoms with Crippen LogP contribution in [0.4, 0.5) is 0 Å². The summed E-state index contributed by atoms with van der Waals surface area (Å²) >= 11 is 3.44. The Morgan fingerprint density at radius 1 is 1.57 bits per heavy atom. The number of halogens is 1. The predicted molar refractivity (Wildman–Crippen MR) is 57.9 cm³/mol. The lowest BCUT2D eigenvalue weighted by molar-refractivity contribution is 0.653. The molecule has 74 valence electrons. The zero-order valence-electron chi connectivity index (χ0n) is 8.08. The SMILES string of the molecule is CCn1cc(-c2[nH]ncc2Br)c(C)n1. The quantitative estimate of drug-likeness (QED) is 0.895. The first-order valence-corrected chi connectivity index (χ1v) is 5.25. The van der Waals surface area contributed by atoms with Crippen molar-refractivity contribution < 1.29 is 0 Å². The third-order valence-corrected chi connectivity index (χ3v) is 2.73. The highest BCUT2D eigenvalue weighted by Crippen LogP contribution is 2.27. The lowest BCUT2D eigenvalue weighted by atomic mass is 10.2. The zero-order valence-corrected chi connectivity index (χ0v) is 9.67. The van der Waals surface area contributed by atoms with Crippen molar-refractivity contribution in [3.8, 4) is 11.3 Å². The van der Waals surface area contributed by atoms with Gasteiger partial charge in [0.15, 0.2) is 0 Å². The van der Waals surface area contributed by atoms with Gasteiger partial charge < -0.3 is 0 Å². The first-order valence-electron chi connectivity index (χ1n) is 4.45. The summed E-state index contributed by atoms with van der Waals surface area (Å²) in [6.07, 6.45) is 3.77. The van der Waals surface area contributed by atoms with Crippen molar-refractivity contribution in [2.24, 2.45) is 0 Å².